The molecule has 1 aliphatic heterocycles. The van der Waals surface area contributed by atoms with E-state index in [1.807, 2.05) is 12.1 Å². The minimum absolute atomic E-state index is 0.126. The van der Waals surface area contributed by atoms with Crippen LogP contribution < -0.4 is 4.90 Å². The fourth-order valence-corrected chi connectivity index (χ4v) is 6.24. The third-order valence-corrected chi connectivity index (χ3v) is 7.38. The van der Waals surface area contributed by atoms with Gasteiger partial charge in [-0.2, -0.15) is 0 Å². The Kier molecular flexibility index (Phi) is 3.75. The highest BCUT2D eigenvalue weighted by Crippen LogP contribution is 2.61. The van der Waals surface area contributed by atoms with Crippen LogP contribution in [0.25, 0.3) is 0 Å². The second-order valence-corrected chi connectivity index (χ2v) is 9.22. The maximum absolute atomic E-state index is 13.7. The predicted molar refractivity (Wildman–Crippen MR) is 117 cm³/mol. The van der Waals surface area contributed by atoms with E-state index < -0.39 is 11.8 Å². The van der Waals surface area contributed by atoms with E-state index >= 15 is 0 Å². The summed E-state index contributed by atoms with van der Waals surface area (Å²) in [5.74, 6) is -1.44. The van der Waals surface area contributed by atoms with Gasteiger partial charge < -0.3 is 0 Å². The second-order valence-electron chi connectivity index (χ2n) is 8.38. The summed E-state index contributed by atoms with van der Waals surface area (Å²) in [5.41, 5.74) is 6.22. The molecule has 3 aromatic rings. The number of carbonyl (C=O) groups excluding carboxylic acids is 2. The molecule has 3 aromatic carbocycles. The van der Waals surface area contributed by atoms with Gasteiger partial charge in [-0.3, -0.25) is 9.59 Å². The Morgan fingerprint density at radius 2 is 1.33 bits per heavy atom. The van der Waals surface area contributed by atoms with Gasteiger partial charge in [0.25, 0.3) is 0 Å². The van der Waals surface area contributed by atoms with Gasteiger partial charge in [-0.05, 0) is 47.4 Å². The maximum atomic E-state index is 13.7. The fraction of sp³-hybridized carbons (Fsp3) is 0.200. The highest BCUT2D eigenvalue weighted by Gasteiger charge is 2.62. The van der Waals surface area contributed by atoms with Crippen LogP contribution in [-0.2, 0) is 9.59 Å². The van der Waals surface area contributed by atoms with Gasteiger partial charge in [-0.1, -0.05) is 71.2 Å². The molecule has 2 amide bonds. The Bertz CT molecular complexity index is 1270. The van der Waals surface area contributed by atoms with Crippen LogP contribution in [0.3, 0.4) is 0 Å². The van der Waals surface area contributed by atoms with Crippen molar-refractivity contribution in [3.63, 3.8) is 0 Å². The quantitative estimate of drug-likeness (QED) is 0.461. The van der Waals surface area contributed by atoms with Crippen molar-refractivity contribution in [2.24, 2.45) is 11.8 Å². The number of hydrogen-bond donors (Lipinski definition) is 0. The molecule has 30 heavy (non-hydrogen) atoms. The monoisotopic (exact) mass is 433 g/mol. The first-order valence-corrected chi connectivity index (χ1v) is 10.7. The van der Waals surface area contributed by atoms with E-state index in [2.05, 4.69) is 37.3 Å². The van der Waals surface area contributed by atoms with Gasteiger partial charge in [0, 0.05) is 16.9 Å². The van der Waals surface area contributed by atoms with Crippen molar-refractivity contribution in [3.8, 4) is 0 Å². The largest absolute Gasteiger partial charge is 0.274 e. The molecule has 1 saturated heterocycles. The van der Waals surface area contributed by atoms with E-state index in [1.165, 1.54) is 10.5 Å². The summed E-state index contributed by atoms with van der Waals surface area (Å²) < 4.78 is 0. The molecule has 5 heteroatoms. The summed E-state index contributed by atoms with van der Waals surface area (Å²) in [4.78, 5) is 28.7. The molecule has 4 aliphatic rings. The lowest BCUT2D eigenvalue weighted by molar-refractivity contribution is -0.122. The summed E-state index contributed by atoms with van der Waals surface area (Å²) in [7, 11) is 0. The number of hydrogen-bond acceptors (Lipinski definition) is 2. The molecule has 7 rings (SSSR count). The van der Waals surface area contributed by atoms with Crippen molar-refractivity contribution in [1.29, 1.82) is 0 Å². The van der Waals surface area contributed by atoms with Crippen molar-refractivity contribution in [1.82, 2.24) is 0 Å². The minimum Gasteiger partial charge on any atom is -0.274 e. The van der Waals surface area contributed by atoms with Crippen LogP contribution >= 0.6 is 23.2 Å². The molecule has 4 unspecified atom stereocenters. The molecule has 4 atom stereocenters. The number of aryl methyl sites for hydroxylation is 1. The lowest BCUT2D eigenvalue weighted by Crippen LogP contribution is -2.41. The number of benzene rings is 3. The molecule has 0 N–H and O–H groups in total. The van der Waals surface area contributed by atoms with E-state index in [4.69, 9.17) is 23.2 Å². The number of carbonyl (C=O) groups is 2. The van der Waals surface area contributed by atoms with Gasteiger partial charge in [0.1, 0.15) is 0 Å². The van der Waals surface area contributed by atoms with Crippen molar-refractivity contribution >= 4 is 40.7 Å². The van der Waals surface area contributed by atoms with E-state index in [0.29, 0.717) is 15.7 Å². The molecule has 1 heterocycles. The Morgan fingerprint density at radius 1 is 0.733 bits per heavy atom. The first-order valence-electron chi connectivity index (χ1n) is 9.99. The first kappa shape index (κ1) is 18.2. The minimum atomic E-state index is -0.418. The SMILES string of the molecule is Cc1ccc2c(c1)C1c3ccccc3C2C2C(=O)N(c3ccc(Cl)cc3Cl)C(=O)C12. The van der Waals surface area contributed by atoms with Gasteiger partial charge >= 0.3 is 0 Å². The molecule has 3 aliphatic carbocycles. The lowest BCUT2D eigenvalue weighted by Gasteiger charge is -2.46. The Hall–Kier alpha value is -2.62. The van der Waals surface area contributed by atoms with E-state index in [-0.39, 0.29) is 23.7 Å². The highest BCUT2D eigenvalue weighted by molar-refractivity contribution is 6.38. The van der Waals surface area contributed by atoms with E-state index in [0.717, 1.165) is 22.3 Å². The average Bonchev–Trinajstić information content (AvgIpc) is 2.99. The van der Waals surface area contributed by atoms with Crippen molar-refractivity contribution in [2.75, 3.05) is 4.90 Å². The third kappa shape index (κ3) is 2.22. The maximum Gasteiger partial charge on any atom is 0.238 e. The van der Waals surface area contributed by atoms with Gasteiger partial charge in [0.15, 0.2) is 0 Å². The molecule has 0 spiro atoms. The summed E-state index contributed by atoms with van der Waals surface area (Å²) >= 11 is 12.4. The molecule has 2 bridgehead atoms. The summed E-state index contributed by atoms with van der Waals surface area (Å²) in [6.45, 7) is 2.06. The molecule has 0 saturated carbocycles. The fourth-order valence-electron chi connectivity index (χ4n) is 5.75. The number of halogens is 2. The zero-order valence-electron chi connectivity index (χ0n) is 16.1. The molecule has 0 radical (unpaired) electrons. The molecule has 0 aromatic heterocycles. The van der Waals surface area contributed by atoms with Crippen LogP contribution in [0.15, 0.2) is 60.7 Å². The Morgan fingerprint density at radius 3 is 1.97 bits per heavy atom. The standard InChI is InChI=1S/C25H17Cl2NO2/c1-12-6-8-16-17(10-12)21-15-5-3-2-4-14(15)20(16)22-23(21)25(30)28(24(22)29)19-9-7-13(26)11-18(19)27/h2-11,20-23H,1H3. The van der Waals surface area contributed by atoms with Crippen LogP contribution in [-0.4, -0.2) is 11.8 Å². The van der Waals surface area contributed by atoms with Gasteiger partial charge in [-0.15, -0.1) is 0 Å². The number of rotatable bonds is 1. The number of anilines is 1. The molecule has 3 nitrogen and oxygen atoms in total. The number of nitrogens with zero attached hydrogens (tertiary/aromatic N) is 1. The van der Waals surface area contributed by atoms with Gasteiger partial charge in [0.2, 0.25) is 11.8 Å². The zero-order valence-corrected chi connectivity index (χ0v) is 17.6. The molecule has 148 valence electrons. The molecule has 1 fully saturated rings. The van der Waals surface area contributed by atoms with E-state index in [1.54, 1.807) is 18.2 Å². The lowest BCUT2D eigenvalue weighted by atomic mass is 9.55. The third-order valence-electron chi connectivity index (χ3n) is 6.85. The topological polar surface area (TPSA) is 37.4 Å². The normalized spacial score (nSPS) is 25.9. The van der Waals surface area contributed by atoms with Crippen molar-refractivity contribution in [3.05, 3.63) is 98.5 Å². The number of amides is 2. The predicted octanol–water partition coefficient (Wildman–Crippen LogP) is 5.70. The second kappa shape index (κ2) is 6.19. The summed E-state index contributed by atoms with van der Waals surface area (Å²) in [6.07, 6.45) is 0. The van der Waals surface area contributed by atoms with Crippen LogP contribution in [0.5, 0.6) is 0 Å². The van der Waals surface area contributed by atoms with Crippen LogP contribution in [0.4, 0.5) is 5.69 Å². The van der Waals surface area contributed by atoms with Crippen molar-refractivity contribution in [2.45, 2.75) is 18.8 Å². The molecular weight excluding hydrogens is 417 g/mol. The van der Waals surface area contributed by atoms with Gasteiger partial charge in [0.05, 0.1) is 22.5 Å². The first-order chi connectivity index (χ1) is 14.5. The smallest absolute Gasteiger partial charge is 0.238 e. The van der Waals surface area contributed by atoms with E-state index in [9.17, 15) is 9.59 Å². The van der Waals surface area contributed by atoms with Crippen LogP contribution in [0, 0.1) is 18.8 Å². The summed E-state index contributed by atoms with van der Waals surface area (Å²) in [6, 6.07) is 19.5. The van der Waals surface area contributed by atoms with Crippen LogP contribution in [0.1, 0.15) is 39.7 Å². The van der Waals surface area contributed by atoms with Crippen LogP contribution in [0.2, 0.25) is 10.0 Å². The summed E-state index contributed by atoms with van der Waals surface area (Å²) in [5, 5.41) is 0.775. The zero-order chi connectivity index (χ0) is 20.7. The van der Waals surface area contributed by atoms with Gasteiger partial charge in [-0.25, -0.2) is 4.90 Å². The van der Waals surface area contributed by atoms with Crippen molar-refractivity contribution < 1.29 is 9.59 Å². The highest BCUT2D eigenvalue weighted by atomic mass is 35.5. The average molecular weight is 434 g/mol. The number of imide groups is 1. The Balaban J connectivity index is 1.58. The Labute approximate surface area is 184 Å². The molecular formula is C25H17Cl2NO2.